The summed E-state index contributed by atoms with van der Waals surface area (Å²) < 4.78 is 0. The van der Waals surface area contributed by atoms with E-state index in [2.05, 4.69) is 38.1 Å². The van der Waals surface area contributed by atoms with Crippen LogP contribution in [-0.4, -0.2) is 23.1 Å². The molecule has 0 spiro atoms. The summed E-state index contributed by atoms with van der Waals surface area (Å²) >= 11 is 0. The maximum Gasteiger partial charge on any atom is 2.00 e. The smallest absolute Gasteiger partial charge is 1.00 e. The summed E-state index contributed by atoms with van der Waals surface area (Å²) in [5, 5.41) is 0. The van der Waals surface area contributed by atoms with Crippen LogP contribution in [-0.2, 0) is 6.42 Å². The normalized spacial score (nSPS) is 9.53. The molecule has 0 aliphatic heterocycles. The molecule has 0 aromatic heterocycles. The predicted molar refractivity (Wildman–Crippen MR) is 83.0 cm³/mol. The summed E-state index contributed by atoms with van der Waals surface area (Å²) in [5.41, 5.74) is 2.58. The first-order valence-corrected chi connectivity index (χ1v) is 7.24. The van der Waals surface area contributed by atoms with Crippen LogP contribution >= 0.6 is 0 Å². The minimum Gasteiger partial charge on any atom is -1.00 e. The van der Waals surface area contributed by atoms with E-state index in [1.54, 1.807) is 0 Å². The molecule has 0 aliphatic carbocycles. The number of aryl methyl sites for hydroxylation is 1. The quantitative estimate of drug-likeness (QED) is 0.372. The van der Waals surface area contributed by atoms with Crippen LogP contribution in [0.25, 0.3) is 0 Å². The fourth-order valence-corrected chi connectivity index (χ4v) is 2.17. The summed E-state index contributed by atoms with van der Waals surface area (Å²) in [6.45, 7) is 6.18. The Morgan fingerprint density at radius 3 is 1.79 bits per heavy atom. The van der Waals surface area contributed by atoms with Crippen molar-refractivity contribution in [1.29, 1.82) is 0 Å². The van der Waals surface area contributed by atoms with Gasteiger partial charge < -0.3 is 12.4 Å². The van der Waals surface area contributed by atoms with Gasteiger partial charge in [-0.05, 0) is 12.8 Å². The Kier molecular flexibility index (Phi) is 16.4. The molecule has 1 aromatic carbocycles. The van der Waals surface area contributed by atoms with E-state index in [9.17, 15) is 0 Å². The topological polar surface area (TPSA) is 0 Å². The van der Waals surface area contributed by atoms with Crippen LogP contribution in [0.1, 0.15) is 69.4 Å². The molecule has 1 rings (SSSR count). The van der Waals surface area contributed by atoms with Crippen molar-refractivity contribution >= 4 is 23.1 Å². The van der Waals surface area contributed by atoms with Crippen LogP contribution in [0.4, 0.5) is 0 Å². The first-order chi connectivity index (χ1) is 8.33. The van der Waals surface area contributed by atoms with Gasteiger partial charge in [0.05, 0.1) is 0 Å². The Morgan fingerprint density at radius 1 is 0.789 bits per heavy atom. The van der Waals surface area contributed by atoms with Crippen LogP contribution in [0.5, 0.6) is 0 Å². The predicted octanol–water partition coefficient (Wildman–Crippen LogP) is 2.18. The summed E-state index contributed by atoms with van der Waals surface area (Å²) in [6.07, 6.45) is 12.4. The molecule has 104 valence electrons. The standard InChI is InChI=1S/C17H27.ClH.Mg/c1-3-4-5-6-7-8-9-10-11-17-14-12-16(2)13-15-17;;/h12-15H,2-11H2,1H3;1H;/q-1;;+2/p-1. The molecule has 0 fully saturated rings. The maximum atomic E-state index is 3.91. The molecule has 0 saturated heterocycles. The van der Waals surface area contributed by atoms with E-state index < -0.39 is 0 Å². The average Bonchev–Trinajstić information content (AvgIpc) is 2.35. The fourth-order valence-electron chi connectivity index (χ4n) is 2.17. The Bertz CT molecular complexity index is 282. The van der Waals surface area contributed by atoms with E-state index in [4.69, 9.17) is 0 Å². The van der Waals surface area contributed by atoms with Crippen molar-refractivity contribution in [2.45, 2.75) is 64.7 Å². The molecule has 0 saturated carbocycles. The van der Waals surface area contributed by atoms with Crippen molar-refractivity contribution in [3.63, 3.8) is 0 Å². The molecule has 0 N–H and O–H groups in total. The average molecular weight is 291 g/mol. The van der Waals surface area contributed by atoms with Gasteiger partial charge in [-0.2, -0.15) is 24.6 Å². The molecular weight excluding hydrogens is 264 g/mol. The number of halogens is 1. The van der Waals surface area contributed by atoms with E-state index in [1.807, 2.05) is 0 Å². The number of benzene rings is 1. The van der Waals surface area contributed by atoms with Crippen molar-refractivity contribution < 1.29 is 12.4 Å². The molecule has 1 aromatic rings. The zero-order valence-corrected chi connectivity index (χ0v) is 14.6. The molecule has 0 bridgehead atoms. The van der Waals surface area contributed by atoms with E-state index in [0.29, 0.717) is 0 Å². The van der Waals surface area contributed by atoms with Crippen LogP contribution < -0.4 is 12.4 Å². The SMILES string of the molecule is [CH2-]c1ccc(CCCCCCCCCC)cc1.[Cl-].[Mg+2]. The number of hydrogen-bond donors (Lipinski definition) is 0. The number of rotatable bonds is 9. The fraction of sp³-hybridized carbons (Fsp3) is 0.588. The van der Waals surface area contributed by atoms with Crippen LogP contribution in [0.2, 0.25) is 0 Å². The van der Waals surface area contributed by atoms with Crippen molar-refractivity contribution in [3.8, 4) is 0 Å². The summed E-state index contributed by atoms with van der Waals surface area (Å²) in [4.78, 5) is 0. The molecule has 0 heterocycles. The Morgan fingerprint density at radius 2 is 1.26 bits per heavy atom. The molecule has 0 amide bonds. The molecule has 0 atom stereocenters. The van der Waals surface area contributed by atoms with Gasteiger partial charge in [0, 0.05) is 0 Å². The molecule has 0 nitrogen and oxygen atoms in total. The number of unbranched alkanes of at least 4 members (excludes halogenated alkanes) is 7. The molecule has 0 radical (unpaired) electrons. The Balaban J connectivity index is 0. The zero-order chi connectivity index (χ0) is 12.3. The van der Waals surface area contributed by atoms with Gasteiger partial charge in [0.15, 0.2) is 0 Å². The van der Waals surface area contributed by atoms with E-state index in [1.165, 1.54) is 63.4 Å². The van der Waals surface area contributed by atoms with Gasteiger partial charge in [0.2, 0.25) is 0 Å². The minimum atomic E-state index is 0. The minimum absolute atomic E-state index is 0. The number of hydrogen-bond acceptors (Lipinski definition) is 0. The third-order valence-corrected chi connectivity index (χ3v) is 3.34. The molecule has 19 heavy (non-hydrogen) atoms. The second-order valence-electron chi connectivity index (χ2n) is 5.04. The van der Waals surface area contributed by atoms with Crippen LogP contribution in [0.15, 0.2) is 24.3 Å². The Labute approximate surface area is 142 Å². The van der Waals surface area contributed by atoms with Gasteiger partial charge in [0.1, 0.15) is 0 Å². The Hall–Kier alpha value is 0.146. The second kappa shape index (κ2) is 14.6. The third kappa shape index (κ3) is 11.7. The summed E-state index contributed by atoms with van der Waals surface area (Å²) in [6, 6.07) is 8.65. The van der Waals surface area contributed by atoms with E-state index in [-0.39, 0.29) is 35.5 Å². The first kappa shape index (κ1) is 21.4. The van der Waals surface area contributed by atoms with Gasteiger partial charge in [-0.25, -0.2) is 0 Å². The zero-order valence-electron chi connectivity index (χ0n) is 12.5. The van der Waals surface area contributed by atoms with Crippen molar-refractivity contribution in [2.75, 3.05) is 0 Å². The van der Waals surface area contributed by atoms with E-state index >= 15 is 0 Å². The monoisotopic (exact) mass is 290 g/mol. The summed E-state index contributed by atoms with van der Waals surface area (Å²) in [5.74, 6) is 0. The van der Waals surface area contributed by atoms with Gasteiger partial charge in [-0.1, -0.05) is 57.4 Å². The van der Waals surface area contributed by atoms with Crippen molar-refractivity contribution in [1.82, 2.24) is 0 Å². The molecule has 0 unspecified atom stereocenters. The molecular formula is C17H27ClMg. The molecule has 2 heteroatoms. The maximum absolute atomic E-state index is 3.91. The summed E-state index contributed by atoms with van der Waals surface area (Å²) in [7, 11) is 0. The largest absolute Gasteiger partial charge is 2.00 e. The van der Waals surface area contributed by atoms with Gasteiger partial charge >= 0.3 is 23.1 Å². The third-order valence-electron chi connectivity index (χ3n) is 3.34. The van der Waals surface area contributed by atoms with Crippen LogP contribution in [0, 0.1) is 6.92 Å². The second-order valence-corrected chi connectivity index (χ2v) is 5.04. The van der Waals surface area contributed by atoms with Gasteiger partial charge in [-0.15, -0.1) is 12.1 Å². The van der Waals surface area contributed by atoms with Gasteiger partial charge in [0.25, 0.3) is 0 Å². The first-order valence-electron chi connectivity index (χ1n) is 7.24. The van der Waals surface area contributed by atoms with Gasteiger partial charge in [-0.3, -0.25) is 0 Å². The van der Waals surface area contributed by atoms with E-state index in [0.717, 1.165) is 5.56 Å². The van der Waals surface area contributed by atoms with Crippen LogP contribution in [0.3, 0.4) is 0 Å². The molecule has 0 aliphatic rings. The van der Waals surface area contributed by atoms with Crippen molar-refractivity contribution in [3.05, 3.63) is 42.3 Å². The van der Waals surface area contributed by atoms with Crippen molar-refractivity contribution in [2.24, 2.45) is 0 Å².